The fourth-order valence-electron chi connectivity index (χ4n) is 3.40. The van der Waals surface area contributed by atoms with Crippen LogP contribution in [0.5, 0.6) is 0 Å². The lowest BCUT2D eigenvalue weighted by atomic mass is 10.1. The maximum absolute atomic E-state index is 7.58. The Hall–Kier alpha value is -1.83. The second-order valence-electron chi connectivity index (χ2n) is 6.64. The van der Waals surface area contributed by atoms with Crippen LogP contribution in [0.2, 0.25) is 0 Å². The predicted octanol–water partition coefficient (Wildman–Crippen LogP) is 4.33. The minimum absolute atomic E-state index is 1.03. The molecule has 25 heavy (non-hydrogen) atoms. The molecule has 128 valence electrons. The van der Waals surface area contributed by atoms with E-state index in [0.717, 1.165) is 12.8 Å². The second-order valence-corrected chi connectivity index (χ2v) is 11.4. The van der Waals surface area contributed by atoms with Gasteiger partial charge in [0.1, 0.15) is 0 Å². The molecule has 0 nitrogen and oxygen atoms in total. The molecule has 3 aromatic carbocycles. The van der Waals surface area contributed by atoms with Crippen molar-refractivity contribution in [3.8, 4) is 0 Å². The summed E-state index contributed by atoms with van der Waals surface area (Å²) in [5.41, 5.74) is 4.00. The van der Waals surface area contributed by atoms with Gasteiger partial charge in [-0.1, -0.05) is 92.2 Å². The van der Waals surface area contributed by atoms with Crippen molar-refractivity contribution in [2.24, 2.45) is 0 Å². The lowest BCUT2D eigenvalue weighted by molar-refractivity contribution is 1.09. The molecule has 3 rings (SSSR count). The van der Waals surface area contributed by atoms with Gasteiger partial charge < -0.3 is 0 Å². The number of rotatable bonds is 5. The van der Waals surface area contributed by atoms with Gasteiger partial charge in [0.2, 0.25) is 7.38 Å². The van der Waals surface area contributed by atoms with Crippen LogP contribution in [0.25, 0.3) is 0 Å². The first-order valence-electron chi connectivity index (χ1n) is 9.02. The maximum atomic E-state index is 7.58. The van der Waals surface area contributed by atoms with Gasteiger partial charge in [-0.25, -0.2) is 0 Å². The van der Waals surface area contributed by atoms with Crippen molar-refractivity contribution in [2.45, 2.75) is 33.6 Å². The van der Waals surface area contributed by atoms with Crippen LogP contribution in [-0.2, 0) is 12.8 Å². The largest absolute Gasteiger partial charge is 0.247 e. The highest BCUT2D eigenvalue weighted by molar-refractivity contribution is 7.40. The highest BCUT2D eigenvalue weighted by Crippen LogP contribution is 2.16. The third-order valence-electron chi connectivity index (χ3n) is 4.85. The van der Waals surface area contributed by atoms with E-state index in [2.05, 4.69) is 93.6 Å². The number of aryl methyl sites for hydroxylation is 3. The monoisotopic (exact) mass is 364 g/mol. The molecule has 0 radical (unpaired) electrons. The average Bonchev–Trinajstić information content (AvgIpc) is 2.67. The van der Waals surface area contributed by atoms with Gasteiger partial charge in [-0.3, -0.25) is 0 Å². The Morgan fingerprint density at radius 2 is 1.28 bits per heavy atom. The minimum Gasteiger partial charge on any atom is -0.149 e. The topological polar surface area (TPSA) is 0 Å². The van der Waals surface area contributed by atoms with E-state index in [-0.39, 0.29) is 0 Å². The van der Waals surface area contributed by atoms with Crippen molar-refractivity contribution in [3.05, 3.63) is 89.5 Å². The van der Waals surface area contributed by atoms with Gasteiger partial charge in [0.25, 0.3) is 0 Å². The second kappa shape index (κ2) is 7.59. The normalized spacial score (nSPS) is 13.4. The number of benzene rings is 3. The highest BCUT2D eigenvalue weighted by Gasteiger charge is 2.38. The molecule has 3 aromatic rings. The van der Waals surface area contributed by atoms with E-state index in [9.17, 15) is 0 Å². The van der Waals surface area contributed by atoms with E-state index in [0.29, 0.717) is 0 Å². The number of hydrogen-bond donors (Lipinski definition) is 0. The molecule has 0 heterocycles. The predicted molar refractivity (Wildman–Crippen MR) is 113 cm³/mol. The molecular formula is C23H25ClSi. The fourth-order valence-corrected chi connectivity index (χ4v) is 7.63. The summed E-state index contributed by atoms with van der Waals surface area (Å²) in [6.45, 7) is 6.57. The van der Waals surface area contributed by atoms with Crippen molar-refractivity contribution in [3.63, 3.8) is 0 Å². The smallest absolute Gasteiger partial charge is 0.149 e. The Kier molecular flexibility index (Phi) is 5.46. The zero-order chi connectivity index (χ0) is 17.9. The Morgan fingerprint density at radius 3 is 1.84 bits per heavy atom. The molecule has 0 aliphatic heterocycles. The fraction of sp³-hybridized carbons (Fsp3) is 0.217. The van der Waals surface area contributed by atoms with Crippen LogP contribution in [0.15, 0.2) is 72.8 Å². The quantitative estimate of drug-likeness (QED) is 0.359. The van der Waals surface area contributed by atoms with Crippen molar-refractivity contribution in [2.75, 3.05) is 0 Å². The molecule has 0 fully saturated rings. The molecular weight excluding hydrogens is 340 g/mol. The molecule has 0 saturated heterocycles. The van der Waals surface area contributed by atoms with Crippen molar-refractivity contribution >= 4 is 34.0 Å². The van der Waals surface area contributed by atoms with Crippen LogP contribution < -0.4 is 15.6 Å². The molecule has 1 atom stereocenters. The molecule has 0 amide bonds. The Bertz CT molecular complexity index is 835. The molecule has 1 unspecified atom stereocenters. The van der Waals surface area contributed by atoms with Gasteiger partial charge in [-0.2, -0.15) is 0 Å². The summed E-state index contributed by atoms with van der Waals surface area (Å²) in [5, 5.41) is 3.80. The summed E-state index contributed by atoms with van der Waals surface area (Å²) >= 11 is 7.58. The third-order valence-corrected chi connectivity index (χ3v) is 10.1. The number of hydrogen-bond acceptors (Lipinski definition) is 0. The minimum atomic E-state index is -2.53. The van der Waals surface area contributed by atoms with Crippen LogP contribution in [-0.4, -0.2) is 7.38 Å². The Balaban J connectivity index is 2.29. The van der Waals surface area contributed by atoms with E-state index in [1.807, 2.05) is 0 Å². The van der Waals surface area contributed by atoms with E-state index in [4.69, 9.17) is 11.1 Å². The lowest BCUT2D eigenvalue weighted by Gasteiger charge is -2.28. The van der Waals surface area contributed by atoms with Crippen LogP contribution in [0.4, 0.5) is 0 Å². The molecule has 0 spiro atoms. The van der Waals surface area contributed by atoms with Gasteiger partial charge >= 0.3 is 0 Å². The van der Waals surface area contributed by atoms with Crippen LogP contribution in [0.1, 0.15) is 30.5 Å². The molecule has 0 aliphatic carbocycles. The van der Waals surface area contributed by atoms with Crippen LogP contribution in [0, 0.1) is 6.92 Å². The van der Waals surface area contributed by atoms with E-state index in [1.54, 1.807) is 0 Å². The summed E-state index contributed by atoms with van der Waals surface area (Å²) in [6.07, 6.45) is 2.07. The first kappa shape index (κ1) is 18.0. The van der Waals surface area contributed by atoms with Gasteiger partial charge in [0.15, 0.2) is 0 Å². The van der Waals surface area contributed by atoms with Gasteiger partial charge in [0, 0.05) is 0 Å². The molecule has 0 aliphatic rings. The van der Waals surface area contributed by atoms with Crippen molar-refractivity contribution < 1.29 is 0 Å². The van der Waals surface area contributed by atoms with Crippen molar-refractivity contribution in [1.29, 1.82) is 0 Å². The number of halogens is 1. The summed E-state index contributed by atoms with van der Waals surface area (Å²) in [7, 11) is -2.53. The maximum Gasteiger partial charge on any atom is 0.247 e. The third kappa shape index (κ3) is 3.58. The lowest BCUT2D eigenvalue weighted by Crippen LogP contribution is -2.63. The van der Waals surface area contributed by atoms with Gasteiger partial charge in [-0.05, 0) is 46.5 Å². The van der Waals surface area contributed by atoms with E-state index in [1.165, 1.54) is 32.3 Å². The Labute approximate surface area is 157 Å². The first-order chi connectivity index (χ1) is 12.1. The molecule has 0 bridgehead atoms. The van der Waals surface area contributed by atoms with E-state index < -0.39 is 7.38 Å². The average molecular weight is 365 g/mol. The summed E-state index contributed by atoms with van der Waals surface area (Å²) < 4.78 is 0. The molecule has 0 aromatic heterocycles. The van der Waals surface area contributed by atoms with Crippen LogP contribution in [0.3, 0.4) is 0 Å². The SMILES string of the molecule is CCc1cc(CC)cc([Si](Cl)(c2ccccc2)c2cccc(C)c2)c1. The van der Waals surface area contributed by atoms with Gasteiger partial charge in [0.05, 0.1) is 0 Å². The summed E-state index contributed by atoms with van der Waals surface area (Å²) in [6, 6.07) is 26.3. The van der Waals surface area contributed by atoms with Crippen LogP contribution >= 0.6 is 11.1 Å². The van der Waals surface area contributed by atoms with E-state index >= 15 is 0 Å². The first-order valence-corrected chi connectivity index (χ1v) is 12.0. The molecule has 2 heteroatoms. The van der Waals surface area contributed by atoms with Gasteiger partial charge in [-0.15, -0.1) is 11.1 Å². The Morgan fingerprint density at radius 1 is 0.680 bits per heavy atom. The zero-order valence-corrected chi connectivity index (χ0v) is 17.0. The van der Waals surface area contributed by atoms with Crippen molar-refractivity contribution in [1.82, 2.24) is 0 Å². The molecule has 0 saturated carbocycles. The summed E-state index contributed by atoms with van der Waals surface area (Å²) in [4.78, 5) is 0. The zero-order valence-electron chi connectivity index (χ0n) is 15.2. The summed E-state index contributed by atoms with van der Waals surface area (Å²) in [5.74, 6) is 0. The standard InChI is InChI=1S/C23H25ClSi/c1-4-19-15-20(5-2)17-23(16-19)25(24,21-11-7-6-8-12-21)22-13-9-10-18(3)14-22/h6-17H,4-5H2,1-3H3. The molecule has 0 N–H and O–H groups in total. The highest BCUT2D eigenvalue weighted by atomic mass is 35.6.